The minimum Gasteiger partial charge on any atom is -0.382 e. The highest BCUT2D eigenvalue weighted by Gasteiger charge is 2.04. The molecular formula is C13H14N4. The Morgan fingerprint density at radius 1 is 1.35 bits per heavy atom. The van der Waals surface area contributed by atoms with Crippen molar-refractivity contribution in [2.24, 2.45) is 0 Å². The van der Waals surface area contributed by atoms with Crippen molar-refractivity contribution >= 4 is 5.82 Å². The molecule has 0 spiro atoms. The molecule has 0 fully saturated rings. The largest absolute Gasteiger partial charge is 0.382 e. The summed E-state index contributed by atoms with van der Waals surface area (Å²) < 4.78 is 1.82. The summed E-state index contributed by atoms with van der Waals surface area (Å²) in [7, 11) is 0. The molecule has 0 amide bonds. The van der Waals surface area contributed by atoms with Gasteiger partial charge in [0, 0.05) is 11.8 Å². The van der Waals surface area contributed by atoms with Gasteiger partial charge in [0.1, 0.15) is 5.82 Å². The fourth-order valence-corrected chi connectivity index (χ4v) is 1.73. The third-order valence-electron chi connectivity index (χ3n) is 2.79. The lowest BCUT2D eigenvalue weighted by Crippen LogP contribution is -2.03. The molecular weight excluding hydrogens is 212 g/mol. The SMILES string of the molecule is Cc1cc(C#N)ccc1Cn1cc(C)c(N)n1. The Bertz CT molecular complexity index is 570. The number of nitrogens with zero attached hydrogens (tertiary/aromatic N) is 3. The van der Waals surface area contributed by atoms with Crippen molar-refractivity contribution in [3.63, 3.8) is 0 Å². The predicted molar refractivity (Wildman–Crippen MR) is 66.4 cm³/mol. The second-order valence-corrected chi connectivity index (χ2v) is 4.15. The molecule has 0 unspecified atom stereocenters. The zero-order valence-electron chi connectivity index (χ0n) is 9.94. The van der Waals surface area contributed by atoms with Crippen LogP contribution < -0.4 is 5.73 Å². The van der Waals surface area contributed by atoms with E-state index in [-0.39, 0.29) is 0 Å². The Morgan fingerprint density at radius 3 is 2.65 bits per heavy atom. The molecule has 0 saturated carbocycles. The maximum atomic E-state index is 8.80. The van der Waals surface area contributed by atoms with Gasteiger partial charge in [-0.3, -0.25) is 4.68 Å². The molecule has 0 atom stereocenters. The van der Waals surface area contributed by atoms with E-state index in [9.17, 15) is 0 Å². The Morgan fingerprint density at radius 2 is 2.12 bits per heavy atom. The van der Waals surface area contributed by atoms with Crippen LogP contribution in [0.25, 0.3) is 0 Å². The summed E-state index contributed by atoms with van der Waals surface area (Å²) >= 11 is 0. The Balaban J connectivity index is 2.28. The standard InChI is InChI=1S/C13H14N4/c1-9-5-11(6-14)3-4-12(9)8-17-7-10(2)13(15)16-17/h3-5,7H,8H2,1-2H3,(H2,15,16). The number of hydrogen-bond donors (Lipinski definition) is 1. The molecule has 1 aromatic carbocycles. The maximum Gasteiger partial charge on any atom is 0.148 e. The topological polar surface area (TPSA) is 67.6 Å². The van der Waals surface area contributed by atoms with Gasteiger partial charge < -0.3 is 5.73 Å². The van der Waals surface area contributed by atoms with E-state index < -0.39 is 0 Å². The van der Waals surface area contributed by atoms with Crippen LogP contribution in [0.3, 0.4) is 0 Å². The number of aryl methyl sites for hydroxylation is 2. The zero-order valence-corrected chi connectivity index (χ0v) is 9.94. The molecule has 4 heteroatoms. The van der Waals surface area contributed by atoms with Gasteiger partial charge in [0.25, 0.3) is 0 Å². The van der Waals surface area contributed by atoms with E-state index >= 15 is 0 Å². The third kappa shape index (κ3) is 2.28. The summed E-state index contributed by atoms with van der Waals surface area (Å²) in [6.45, 7) is 4.61. The highest BCUT2D eigenvalue weighted by Crippen LogP contribution is 2.14. The Kier molecular flexibility index (Phi) is 2.84. The fourth-order valence-electron chi connectivity index (χ4n) is 1.73. The van der Waals surface area contributed by atoms with Gasteiger partial charge in [-0.15, -0.1) is 0 Å². The van der Waals surface area contributed by atoms with E-state index in [1.165, 1.54) is 0 Å². The van der Waals surface area contributed by atoms with E-state index in [0.717, 1.165) is 16.7 Å². The molecule has 0 aliphatic rings. The van der Waals surface area contributed by atoms with Gasteiger partial charge in [0.05, 0.1) is 18.2 Å². The first-order valence-corrected chi connectivity index (χ1v) is 5.39. The Hall–Kier alpha value is -2.28. The van der Waals surface area contributed by atoms with Gasteiger partial charge >= 0.3 is 0 Å². The molecule has 17 heavy (non-hydrogen) atoms. The lowest BCUT2D eigenvalue weighted by molar-refractivity contribution is 0.687. The summed E-state index contributed by atoms with van der Waals surface area (Å²) in [4.78, 5) is 0. The number of nitriles is 1. The number of nitrogens with two attached hydrogens (primary N) is 1. The first kappa shape index (κ1) is 11.2. The highest BCUT2D eigenvalue weighted by atomic mass is 15.3. The van der Waals surface area contributed by atoms with Gasteiger partial charge in [0.15, 0.2) is 0 Å². The lowest BCUT2D eigenvalue weighted by atomic mass is 10.1. The van der Waals surface area contributed by atoms with Crippen molar-refractivity contribution in [2.45, 2.75) is 20.4 Å². The predicted octanol–water partition coefficient (Wildman–Crippen LogP) is 2.00. The van der Waals surface area contributed by atoms with Crippen LogP contribution in [0.1, 0.15) is 22.3 Å². The number of aromatic nitrogens is 2. The smallest absolute Gasteiger partial charge is 0.148 e. The minimum atomic E-state index is 0.566. The summed E-state index contributed by atoms with van der Waals surface area (Å²) in [6, 6.07) is 7.79. The van der Waals surface area contributed by atoms with Crippen molar-refractivity contribution in [1.82, 2.24) is 9.78 Å². The van der Waals surface area contributed by atoms with Crippen LogP contribution in [0.4, 0.5) is 5.82 Å². The number of benzene rings is 1. The van der Waals surface area contributed by atoms with E-state index in [1.807, 2.05) is 42.9 Å². The number of rotatable bonds is 2. The van der Waals surface area contributed by atoms with Gasteiger partial charge in [-0.1, -0.05) is 6.07 Å². The minimum absolute atomic E-state index is 0.566. The molecule has 0 aliphatic carbocycles. The average Bonchev–Trinajstić information content (AvgIpc) is 2.61. The maximum absolute atomic E-state index is 8.80. The van der Waals surface area contributed by atoms with E-state index in [1.54, 1.807) is 0 Å². The number of nitrogen functional groups attached to an aromatic ring is 1. The molecule has 2 rings (SSSR count). The van der Waals surface area contributed by atoms with Crippen molar-refractivity contribution < 1.29 is 0 Å². The summed E-state index contributed by atoms with van der Waals surface area (Å²) in [5.41, 5.74) is 9.61. The van der Waals surface area contributed by atoms with Crippen LogP contribution in [-0.4, -0.2) is 9.78 Å². The molecule has 0 radical (unpaired) electrons. The van der Waals surface area contributed by atoms with E-state index in [4.69, 9.17) is 11.0 Å². The molecule has 1 heterocycles. The van der Waals surface area contributed by atoms with Crippen molar-refractivity contribution in [2.75, 3.05) is 5.73 Å². The van der Waals surface area contributed by atoms with Crippen LogP contribution in [0.15, 0.2) is 24.4 Å². The summed E-state index contributed by atoms with van der Waals surface area (Å²) in [5.74, 6) is 0.566. The summed E-state index contributed by atoms with van der Waals surface area (Å²) in [6.07, 6.45) is 1.92. The molecule has 0 saturated heterocycles. The van der Waals surface area contributed by atoms with Crippen LogP contribution in [0, 0.1) is 25.2 Å². The van der Waals surface area contributed by atoms with Crippen LogP contribution in [0.2, 0.25) is 0 Å². The monoisotopic (exact) mass is 226 g/mol. The quantitative estimate of drug-likeness (QED) is 0.851. The molecule has 4 nitrogen and oxygen atoms in total. The first-order valence-electron chi connectivity index (χ1n) is 5.39. The molecule has 0 bridgehead atoms. The molecule has 2 aromatic rings. The van der Waals surface area contributed by atoms with Gasteiger partial charge in [0.2, 0.25) is 0 Å². The average molecular weight is 226 g/mol. The van der Waals surface area contributed by atoms with Gasteiger partial charge in [-0.2, -0.15) is 10.4 Å². The first-order chi connectivity index (χ1) is 8.10. The Labute approximate surface area is 100 Å². The molecule has 0 aliphatic heterocycles. The fraction of sp³-hybridized carbons (Fsp3) is 0.231. The van der Waals surface area contributed by atoms with Crippen LogP contribution in [0.5, 0.6) is 0 Å². The van der Waals surface area contributed by atoms with Crippen molar-refractivity contribution in [3.8, 4) is 6.07 Å². The molecule has 86 valence electrons. The number of hydrogen-bond acceptors (Lipinski definition) is 3. The van der Waals surface area contributed by atoms with Gasteiger partial charge in [-0.25, -0.2) is 0 Å². The van der Waals surface area contributed by atoms with E-state index in [2.05, 4.69) is 11.2 Å². The lowest BCUT2D eigenvalue weighted by Gasteiger charge is -2.06. The second-order valence-electron chi connectivity index (χ2n) is 4.15. The molecule has 2 N–H and O–H groups in total. The molecule has 1 aromatic heterocycles. The number of anilines is 1. The van der Waals surface area contributed by atoms with Crippen LogP contribution in [-0.2, 0) is 6.54 Å². The van der Waals surface area contributed by atoms with Gasteiger partial charge in [-0.05, 0) is 37.1 Å². The normalized spacial score (nSPS) is 10.2. The zero-order chi connectivity index (χ0) is 12.4. The highest BCUT2D eigenvalue weighted by molar-refractivity contribution is 5.39. The van der Waals surface area contributed by atoms with Crippen molar-refractivity contribution in [1.29, 1.82) is 5.26 Å². The third-order valence-corrected chi connectivity index (χ3v) is 2.79. The second kappa shape index (κ2) is 4.30. The summed E-state index contributed by atoms with van der Waals surface area (Å²) in [5, 5.41) is 13.0. The van der Waals surface area contributed by atoms with E-state index in [0.29, 0.717) is 17.9 Å². The van der Waals surface area contributed by atoms with Crippen molar-refractivity contribution in [3.05, 3.63) is 46.6 Å². The van der Waals surface area contributed by atoms with Crippen LogP contribution >= 0.6 is 0 Å².